The molecule has 6 heteroatoms. The van der Waals surface area contributed by atoms with Gasteiger partial charge in [-0.05, 0) is 31.6 Å². The molecule has 1 aromatic rings. The van der Waals surface area contributed by atoms with Crippen LogP contribution in [0, 0.1) is 5.41 Å². The molecule has 0 unspecified atom stereocenters. The van der Waals surface area contributed by atoms with E-state index < -0.39 is 0 Å². The molecule has 0 radical (unpaired) electrons. The van der Waals surface area contributed by atoms with E-state index in [4.69, 9.17) is 9.72 Å². The Hall–Kier alpha value is -1.14. The zero-order valence-electron chi connectivity index (χ0n) is 17.2. The maximum atomic E-state index is 5.61. The SMILES string of the molecule is CCOCCC1(CNC(=NC)NCc2csc(C(C)(C)C)n2)CCCC1. The van der Waals surface area contributed by atoms with Crippen LogP contribution in [0.1, 0.15) is 70.5 Å². The standard InChI is InChI=1S/C20H36N4OS/c1-6-25-12-11-20(9-7-8-10-20)15-23-18(21-5)22-13-16-14-26-17(24-16)19(2,3)4/h14H,6-13,15H2,1-5H3,(H2,21,22,23). The van der Waals surface area contributed by atoms with Gasteiger partial charge in [-0.2, -0.15) is 0 Å². The average Bonchev–Trinajstić information content (AvgIpc) is 3.25. The molecule has 1 aliphatic rings. The number of rotatable bonds is 8. The van der Waals surface area contributed by atoms with Crippen LogP contribution in [0.15, 0.2) is 10.4 Å². The Morgan fingerprint density at radius 3 is 2.62 bits per heavy atom. The normalized spacial score (nSPS) is 17.5. The lowest BCUT2D eigenvalue weighted by Gasteiger charge is -2.30. The molecule has 2 N–H and O–H groups in total. The predicted molar refractivity (Wildman–Crippen MR) is 111 cm³/mol. The molecule has 0 amide bonds. The van der Waals surface area contributed by atoms with Gasteiger partial charge in [-0.25, -0.2) is 4.98 Å². The first kappa shape index (κ1) is 21.2. The molecule has 1 saturated carbocycles. The Bertz CT molecular complexity index is 571. The van der Waals surface area contributed by atoms with Gasteiger partial charge in [0.15, 0.2) is 5.96 Å². The van der Waals surface area contributed by atoms with E-state index >= 15 is 0 Å². The summed E-state index contributed by atoms with van der Waals surface area (Å²) >= 11 is 1.73. The van der Waals surface area contributed by atoms with E-state index in [2.05, 4.69) is 48.7 Å². The summed E-state index contributed by atoms with van der Waals surface area (Å²) in [6.07, 6.45) is 6.35. The number of nitrogens with zero attached hydrogens (tertiary/aromatic N) is 2. The number of aliphatic imine (C=N–C) groups is 1. The van der Waals surface area contributed by atoms with Crippen molar-refractivity contribution >= 4 is 17.3 Å². The number of guanidine groups is 1. The van der Waals surface area contributed by atoms with Crippen molar-refractivity contribution in [2.24, 2.45) is 10.4 Å². The quantitative estimate of drug-likeness (QED) is 0.405. The van der Waals surface area contributed by atoms with Crippen molar-refractivity contribution in [1.82, 2.24) is 15.6 Å². The van der Waals surface area contributed by atoms with Gasteiger partial charge in [0.25, 0.3) is 0 Å². The van der Waals surface area contributed by atoms with Gasteiger partial charge in [0, 0.05) is 37.6 Å². The molecule has 26 heavy (non-hydrogen) atoms. The number of hydrogen-bond acceptors (Lipinski definition) is 4. The fraction of sp³-hybridized carbons (Fsp3) is 0.800. The van der Waals surface area contributed by atoms with Crippen LogP contribution in [0.4, 0.5) is 0 Å². The highest BCUT2D eigenvalue weighted by molar-refractivity contribution is 7.09. The van der Waals surface area contributed by atoms with E-state index in [-0.39, 0.29) is 5.41 Å². The molecular weight excluding hydrogens is 344 g/mol. The van der Waals surface area contributed by atoms with Crippen molar-refractivity contribution in [2.75, 3.05) is 26.8 Å². The van der Waals surface area contributed by atoms with Crippen LogP contribution in [-0.4, -0.2) is 37.7 Å². The molecule has 0 saturated heterocycles. The molecule has 5 nitrogen and oxygen atoms in total. The van der Waals surface area contributed by atoms with E-state index in [1.54, 1.807) is 11.3 Å². The maximum absolute atomic E-state index is 5.61. The molecule has 1 aliphatic carbocycles. The van der Waals surface area contributed by atoms with Gasteiger partial charge in [-0.1, -0.05) is 33.6 Å². The van der Waals surface area contributed by atoms with Crippen LogP contribution in [0.25, 0.3) is 0 Å². The second-order valence-corrected chi connectivity index (χ2v) is 9.19. The van der Waals surface area contributed by atoms with Crippen LogP contribution in [0.2, 0.25) is 0 Å². The topological polar surface area (TPSA) is 58.5 Å². The highest BCUT2D eigenvalue weighted by Gasteiger charge is 2.33. The highest BCUT2D eigenvalue weighted by atomic mass is 32.1. The second-order valence-electron chi connectivity index (χ2n) is 8.33. The van der Waals surface area contributed by atoms with E-state index in [1.165, 1.54) is 30.7 Å². The van der Waals surface area contributed by atoms with Gasteiger partial charge >= 0.3 is 0 Å². The van der Waals surface area contributed by atoms with Crippen molar-refractivity contribution in [3.8, 4) is 0 Å². The van der Waals surface area contributed by atoms with Gasteiger partial charge in [-0.15, -0.1) is 11.3 Å². The number of ether oxygens (including phenoxy) is 1. The number of hydrogen-bond donors (Lipinski definition) is 2. The Morgan fingerprint density at radius 2 is 2.04 bits per heavy atom. The molecule has 1 fully saturated rings. The summed E-state index contributed by atoms with van der Waals surface area (Å²) in [6.45, 7) is 12.0. The van der Waals surface area contributed by atoms with Crippen molar-refractivity contribution in [3.63, 3.8) is 0 Å². The molecule has 1 heterocycles. The van der Waals surface area contributed by atoms with Crippen LogP contribution in [0.5, 0.6) is 0 Å². The van der Waals surface area contributed by atoms with Crippen molar-refractivity contribution < 1.29 is 4.74 Å². The van der Waals surface area contributed by atoms with Gasteiger partial charge < -0.3 is 15.4 Å². The summed E-state index contributed by atoms with van der Waals surface area (Å²) in [7, 11) is 1.83. The van der Waals surface area contributed by atoms with Gasteiger partial charge in [0.05, 0.1) is 17.2 Å². The lowest BCUT2D eigenvalue weighted by Crippen LogP contribution is -2.43. The summed E-state index contributed by atoms with van der Waals surface area (Å²) in [5.41, 5.74) is 1.54. The molecular formula is C20H36N4OS. The monoisotopic (exact) mass is 380 g/mol. The van der Waals surface area contributed by atoms with Gasteiger partial charge in [0.1, 0.15) is 0 Å². The van der Waals surface area contributed by atoms with Crippen LogP contribution >= 0.6 is 11.3 Å². The summed E-state index contributed by atoms with van der Waals surface area (Å²) in [6, 6.07) is 0. The molecule has 0 bridgehead atoms. The van der Waals surface area contributed by atoms with E-state index in [0.29, 0.717) is 12.0 Å². The minimum absolute atomic E-state index is 0.109. The third-order valence-corrected chi connectivity index (χ3v) is 6.45. The van der Waals surface area contributed by atoms with E-state index in [0.717, 1.165) is 37.8 Å². The number of aromatic nitrogens is 1. The minimum atomic E-state index is 0.109. The Morgan fingerprint density at radius 1 is 1.31 bits per heavy atom. The molecule has 148 valence electrons. The van der Waals surface area contributed by atoms with Crippen LogP contribution in [0.3, 0.4) is 0 Å². The molecule has 2 rings (SSSR count). The Kier molecular flexibility index (Phi) is 7.89. The molecule has 0 aromatic carbocycles. The van der Waals surface area contributed by atoms with Gasteiger partial charge in [-0.3, -0.25) is 4.99 Å². The zero-order valence-corrected chi connectivity index (χ0v) is 18.0. The van der Waals surface area contributed by atoms with E-state index in [1.807, 2.05) is 7.05 Å². The van der Waals surface area contributed by atoms with Gasteiger partial charge in [0.2, 0.25) is 0 Å². The lowest BCUT2D eigenvalue weighted by atomic mass is 9.83. The summed E-state index contributed by atoms with van der Waals surface area (Å²) < 4.78 is 5.61. The summed E-state index contributed by atoms with van der Waals surface area (Å²) in [4.78, 5) is 9.13. The molecule has 0 atom stereocenters. The summed E-state index contributed by atoms with van der Waals surface area (Å²) in [5.74, 6) is 0.859. The van der Waals surface area contributed by atoms with Crippen molar-refractivity contribution in [3.05, 3.63) is 16.1 Å². The first-order valence-electron chi connectivity index (χ1n) is 9.86. The van der Waals surface area contributed by atoms with E-state index in [9.17, 15) is 0 Å². The van der Waals surface area contributed by atoms with Crippen LogP contribution in [-0.2, 0) is 16.7 Å². The largest absolute Gasteiger partial charge is 0.382 e. The Labute approximate surface area is 163 Å². The first-order chi connectivity index (χ1) is 12.4. The van der Waals surface area contributed by atoms with Crippen LogP contribution < -0.4 is 10.6 Å². The van der Waals surface area contributed by atoms with Crippen molar-refractivity contribution in [1.29, 1.82) is 0 Å². The first-order valence-corrected chi connectivity index (χ1v) is 10.7. The number of nitrogens with one attached hydrogen (secondary N) is 2. The fourth-order valence-electron chi connectivity index (χ4n) is 3.47. The maximum Gasteiger partial charge on any atom is 0.191 e. The highest BCUT2D eigenvalue weighted by Crippen LogP contribution is 2.40. The molecule has 0 aliphatic heterocycles. The van der Waals surface area contributed by atoms with Crippen molar-refractivity contribution in [2.45, 2.75) is 71.8 Å². The second kappa shape index (κ2) is 9.70. The fourth-order valence-corrected chi connectivity index (χ4v) is 4.38. The third-order valence-electron chi connectivity index (χ3n) is 5.13. The summed E-state index contributed by atoms with van der Waals surface area (Å²) in [5, 5.41) is 10.3. The smallest absolute Gasteiger partial charge is 0.191 e. The zero-order chi connectivity index (χ0) is 19.0. The lowest BCUT2D eigenvalue weighted by molar-refractivity contribution is 0.105. The molecule has 0 spiro atoms. The predicted octanol–water partition coefficient (Wildman–Crippen LogP) is 4.09. The number of thiazole rings is 1. The Balaban J connectivity index is 1.84. The molecule has 1 aromatic heterocycles. The minimum Gasteiger partial charge on any atom is -0.382 e. The average molecular weight is 381 g/mol. The third kappa shape index (κ3) is 6.23.